The summed E-state index contributed by atoms with van der Waals surface area (Å²) in [6.45, 7) is 10.3. The zero-order valence-corrected chi connectivity index (χ0v) is 12.9. The second-order valence-corrected chi connectivity index (χ2v) is 6.45. The van der Waals surface area contributed by atoms with Crippen molar-refractivity contribution in [1.29, 1.82) is 5.26 Å². The van der Waals surface area contributed by atoms with Crippen LogP contribution in [0.25, 0.3) is 0 Å². The van der Waals surface area contributed by atoms with Crippen LogP contribution in [0.15, 0.2) is 24.3 Å². The van der Waals surface area contributed by atoms with Crippen LogP contribution in [0.4, 0.5) is 0 Å². The van der Waals surface area contributed by atoms with Gasteiger partial charge >= 0.3 is 0 Å². The van der Waals surface area contributed by atoms with E-state index in [1.165, 1.54) is 0 Å². The highest BCUT2D eigenvalue weighted by molar-refractivity contribution is 5.92. The Kier molecular flexibility index (Phi) is 5.33. The molecule has 20 heavy (non-hydrogen) atoms. The van der Waals surface area contributed by atoms with Crippen LogP contribution in [0.3, 0.4) is 0 Å². The molecule has 0 heterocycles. The lowest BCUT2D eigenvalue weighted by Crippen LogP contribution is -2.26. The fraction of sp³-hybridized carbons (Fsp3) is 0.529. The zero-order valence-electron chi connectivity index (χ0n) is 12.9. The lowest BCUT2D eigenvalue weighted by atomic mass is 9.80. The van der Waals surface area contributed by atoms with Crippen molar-refractivity contribution >= 4 is 5.78 Å². The Balaban J connectivity index is 2.86. The first kappa shape index (κ1) is 16.2. The highest BCUT2D eigenvalue weighted by Gasteiger charge is 2.30. The van der Waals surface area contributed by atoms with Crippen molar-refractivity contribution in [2.45, 2.75) is 40.5 Å². The van der Waals surface area contributed by atoms with Crippen LogP contribution in [0.2, 0.25) is 0 Å². The van der Waals surface area contributed by atoms with Crippen LogP contribution in [-0.4, -0.2) is 12.4 Å². The first-order valence-electron chi connectivity index (χ1n) is 6.92. The van der Waals surface area contributed by atoms with E-state index in [1.54, 1.807) is 12.1 Å². The third-order valence-electron chi connectivity index (χ3n) is 2.93. The Morgan fingerprint density at radius 1 is 1.25 bits per heavy atom. The fourth-order valence-corrected chi connectivity index (χ4v) is 1.74. The number of nitriles is 1. The molecule has 1 atom stereocenters. The summed E-state index contributed by atoms with van der Waals surface area (Å²) >= 11 is 0. The third-order valence-corrected chi connectivity index (χ3v) is 2.93. The average Bonchev–Trinajstić information content (AvgIpc) is 2.37. The van der Waals surface area contributed by atoms with Gasteiger partial charge in [0.05, 0.1) is 12.7 Å². The van der Waals surface area contributed by atoms with Gasteiger partial charge in [-0.15, -0.1) is 0 Å². The molecular formula is C17H23NO2. The van der Waals surface area contributed by atoms with Crippen molar-refractivity contribution in [3.8, 4) is 11.8 Å². The highest BCUT2D eigenvalue weighted by Crippen LogP contribution is 2.28. The number of carbonyl (C=O) groups is 1. The number of hydrogen-bond donors (Lipinski definition) is 0. The van der Waals surface area contributed by atoms with Crippen LogP contribution in [0.1, 0.15) is 46.1 Å². The molecule has 0 saturated heterocycles. The summed E-state index contributed by atoms with van der Waals surface area (Å²) in [5, 5.41) is 9.26. The van der Waals surface area contributed by atoms with Gasteiger partial charge in [0.25, 0.3) is 0 Å². The fourth-order valence-electron chi connectivity index (χ4n) is 1.74. The third kappa shape index (κ3) is 4.38. The molecule has 108 valence electrons. The lowest BCUT2D eigenvalue weighted by molar-refractivity contribution is -0.126. The number of Topliss-reactive ketones (excluding diaryl/α,β-unsaturated/α-hetero) is 1. The number of benzene rings is 1. The quantitative estimate of drug-likeness (QED) is 0.816. The summed E-state index contributed by atoms with van der Waals surface area (Å²) < 4.78 is 5.60. The van der Waals surface area contributed by atoms with Crippen molar-refractivity contribution in [1.82, 2.24) is 0 Å². The first-order chi connectivity index (χ1) is 9.25. The van der Waals surface area contributed by atoms with Gasteiger partial charge in [0, 0.05) is 5.41 Å². The van der Waals surface area contributed by atoms with Crippen LogP contribution in [-0.2, 0) is 4.79 Å². The molecule has 0 aliphatic rings. The van der Waals surface area contributed by atoms with Crippen molar-refractivity contribution in [3.63, 3.8) is 0 Å². The van der Waals surface area contributed by atoms with Gasteiger partial charge in [0.2, 0.25) is 0 Å². The average molecular weight is 273 g/mol. The number of rotatable bonds is 5. The highest BCUT2D eigenvalue weighted by atomic mass is 16.5. The largest absolute Gasteiger partial charge is 0.493 e. The smallest absolute Gasteiger partial charge is 0.159 e. The SMILES string of the molecule is CC(C)COc1ccc(C(C#N)C(=O)C(C)(C)C)cc1. The first-order valence-corrected chi connectivity index (χ1v) is 6.92. The summed E-state index contributed by atoms with van der Waals surface area (Å²) in [5.41, 5.74) is 0.206. The van der Waals surface area contributed by atoms with Gasteiger partial charge < -0.3 is 4.74 Å². The summed E-state index contributed by atoms with van der Waals surface area (Å²) in [5.74, 6) is 0.455. The van der Waals surface area contributed by atoms with E-state index in [9.17, 15) is 10.1 Å². The number of ketones is 1. The van der Waals surface area contributed by atoms with E-state index in [2.05, 4.69) is 19.9 Å². The second kappa shape index (κ2) is 6.56. The summed E-state index contributed by atoms with van der Waals surface area (Å²) in [7, 11) is 0. The van der Waals surface area contributed by atoms with E-state index in [0.29, 0.717) is 12.5 Å². The van der Waals surface area contributed by atoms with Crippen LogP contribution < -0.4 is 4.74 Å². The molecule has 0 aromatic heterocycles. The molecule has 0 amide bonds. The minimum Gasteiger partial charge on any atom is -0.493 e. The molecule has 1 aromatic carbocycles. The second-order valence-electron chi connectivity index (χ2n) is 6.45. The van der Waals surface area contributed by atoms with E-state index in [-0.39, 0.29) is 5.78 Å². The van der Waals surface area contributed by atoms with Crippen LogP contribution in [0, 0.1) is 22.7 Å². The van der Waals surface area contributed by atoms with Gasteiger partial charge in [-0.2, -0.15) is 5.26 Å². The van der Waals surface area contributed by atoms with E-state index in [1.807, 2.05) is 32.9 Å². The predicted molar refractivity (Wildman–Crippen MR) is 79.6 cm³/mol. The maximum atomic E-state index is 12.2. The molecule has 0 spiro atoms. The molecule has 3 nitrogen and oxygen atoms in total. The van der Waals surface area contributed by atoms with E-state index < -0.39 is 11.3 Å². The summed E-state index contributed by atoms with van der Waals surface area (Å²) in [6, 6.07) is 9.34. The van der Waals surface area contributed by atoms with Gasteiger partial charge in [-0.05, 0) is 23.6 Å². The van der Waals surface area contributed by atoms with Gasteiger partial charge in [0.1, 0.15) is 11.7 Å². The monoisotopic (exact) mass is 273 g/mol. The standard InChI is InChI=1S/C17H23NO2/c1-12(2)11-20-14-8-6-13(7-9-14)15(10-18)16(19)17(3,4)5/h6-9,12,15H,11H2,1-5H3. The van der Waals surface area contributed by atoms with Gasteiger partial charge in [0.15, 0.2) is 5.78 Å². The molecule has 0 N–H and O–H groups in total. The van der Waals surface area contributed by atoms with E-state index in [4.69, 9.17) is 4.74 Å². The van der Waals surface area contributed by atoms with E-state index >= 15 is 0 Å². The van der Waals surface area contributed by atoms with Crippen molar-refractivity contribution in [2.24, 2.45) is 11.3 Å². The molecule has 0 saturated carbocycles. The molecule has 0 bridgehead atoms. The topological polar surface area (TPSA) is 50.1 Å². The minimum absolute atomic E-state index is 0.0594. The minimum atomic E-state index is -0.714. The van der Waals surface area contributed by atoms with Gasteiger partial charge in [-0.25, -0.2) is 0 Å². The number of hydrogen-bond acceptors (Lipinski definition) is 3. The van der Waals surface area contributed by atoms with Crippen molar-refractivity contribution in [3.05, 3.63) is 29.8 Å². The Labute approximate surface area is 121 Å². The molecule has 0 fully saturated rings. The van der Waals surface area contributed by atoms with Crippen molar-refractivity contribution < 1.29 is 9.53 Å². The molecular weight excluding hydrogens is 250 g/mol. The molecule has 1 aromatic rings. The molecule has 0 aliphatic heterocycles. The summed E-state index contributed by atoms with van der Waals surface area (Å²) in [4.78, 5) is 12.2. The zero-order chi connectivity index (χ0) is 15.3. The predicted octanol–water partition coefficient (Wildman–Crippen LogP) is 3.94. The van der Waals surface area contributed by atoms with E-state index in [0.717, 1.165) is 11.3 Å². The van der Waals surface area contributed by atoms with Crippen LogP contribution in [0.5, 0.6) is 5.75 Å². The lowest BCUT2D eigenvalue weighted by Gasteiger charge is -2.20. The molecule has 0 radical (unpaired) electrons. The number of nitrogens with zero attached hydrogens (tertiary/aromatic N) is 1. The summed E-state index contributed by atoms with van der Waals surface area (Å²) in [6.07, 6.45) is 0. The van der Waals surface area contributed by atoms with Crippen molar-refractivity contribution in [2.75, 3.05) is 6.61 Å². The Morgan fingerprint density at radius 3 is 2.20 bits per heavy atom. The maximum Gasteiger partial charge on any atom is 0.159 e. The maximum absolute atomic E-state index is 12.2. The Morgan fingerprint density at radius 2 is 1.80 bits per heavy atom. The molecule has 1 rings (SSSR count). The molecule has 1 unspecified atom stereocenters. The van der Waals surface area contributed by atoms with Gasteiger partial charge in [-0.3, -0.25) is 4.79 Å². The Bertz CT molecular complexity index is 489. The number of ether oxygens (including phenoxy) is 1. The van der Waals surface area contributed by atoms with Gasteiger partial charge in [-0.1, -0.05) is 46.8 Å². The molecule has 0 aliphatic carbocycles. The molecule has 3 heteroatoms. The Hall–Kier alpha value is -1.82. The number of carbonyl (C=O) groups excluding carboxylic acids is 1. The van der Waals surface area contributed by atoms with Crippen LogP contribution >= 0.6 is 0 Å². The normalized spacial score (nSPS) is 12.8.